The number of esters is 2. The largest absolute Gasteiger partial charge is 0.466 e. The van der Waals surface area contributed by atoms with Gasteiger partial charge in [-0.25, -0.2) is 4.79 Å². The molecular weight excluding hydrogens is 430 g/mol. The number of hydrogen-bond donors (Lipinski definition) is 2. The third-order valence-electron chi connectivity index (χ3n) is 6.92. The van der Waals surface area contributed by atoms with Crippen molar-refractivity contribution in [3.05, 3.63) is 0 Å². The minimum Gasteiger partial charge on any atom is -0.466 e. The van der Waals surface area contributed by atoms with Crippen LogP contribution in [0.2, 0.25) is 0 Å². The maximum Gasteiger partial charge on any atom is 0.410 e. The Morgan fingerprint density at radius 1 is 1.12 bits per heavy atom. The molecule has 0 aromatic carbocycles. The van der Waals surface area contributed by atoms with E-state index in [1.165, 1.54) is 0 Å². The SMILES string of the molecule is CCOC(=O)CC1(C(=O)OCC)CCN(CC2CN(C3CCN(C(=N)N)CC3)C(=O)O2)CC1. The number of guanidine groups is 1. The smallest absolute Gasteiger partial charge is 0.410 e. The molecule has 3 fully saturated rings. The van der Waals surface area contributed by atoms with Crippen molar-refractivity contribution in [2.45, 2.75) is 58.1 Å². The minimum absolute atomic E-state index is 0.0265. The van der Waals surface area contributed by atoms with E-state index >= 15 is 0 Å². The Kier molecular flexibility index (Phi) is 8.39. The van der Waals surface area contributed by atoms with Crippen LogP contribution in [-0.2, 0) is 23.8 Å². The molecule has 11 nitrogen and oxygen atoms in total. The topological polar surface area (TPSA) is 138 Å². The molecule has 0 aliphatic carbocycles. The summed E-state index contributed by atoms with van der Waals surface area (Å²) >= 11 is 0. The summed E-state index contributed by atoms with van der Waals surface area (Å²) in [5, 5.41) is 7.55. The fourth-order valence-corrected chi connectivity index (χ4v) is 5.03. The Bertz CT molecular complexity index is 731. The normalized spacial score (nSPS) is 23.8. The van der Waals surface area contributed by atoms with Gasteiger partial charge in [0.05, 0.1) is 31.6 Å². The molecule has 1 unspecified atom stereocenters. The van der Waals surface area contributed by atoms with Crippen LogP contribution in [0.1, 0.15) is 46.0 Å². The number of hydrogen-bond acceptors (Lipinski definition) is 8. The van der Waals surface area contributed by atoms with Gasteiger partial charge >= 0.3 is 18.0 Å². The van der Waals surface area contributed by atoms with Gasteiger partial charge in [0.15, 0.2) is 5.96 Å². The minimum atomic E-state index is -0.859. The number of likely N-dealkylation sites (tertiary alicyclic amines) is 2. The molecule has 0 aromatic rings. The number of carbonyl (C=O) groups is 3. The zero-order valence-electron chi connectivity index (χ0n) is 19.7. The predicted molar refractivity (Wildman–Crippen MR) is 119 cm³/mol. The zero-order chi connectivity index (χ0) is 24.0. The van der Waals surface area contributed by atoms with Gasteiger partial charge in [-0.3, -0.25) is 19.9 Å². The Morgan fingerprint density at radius 2 is 1.76 bits per heavy atom. The van der Waals surface area contributed by atoms with Crippen molar-refractivity contribution >= 4 is 24.0 Å². The van der Waals surface area contributed by atoms with Crippen LogP contribution >= 0.6 is 0 Å². The molecule has 3 saturated heterocycles. The van der Waals surface area contributed by atoms with Crippen molar-refractivity contribution < 1.29 is 28.6 Å². The molecule has 0 bridgehead atoms. The van der Waals surface area contributed by atoms with E-state index < -0.39 is 5.41 Å². The molecule has 0 aromatic heterocycles. The lowest BCUT2D eigenvalue weighted by molar-refractivity contribution is -0.165. The molecule has 3 N–H and O–H groups in total. The third-order valence-corrected chi connectivity index (χ3v) is 6.92. The summed E-state index contributed by atoms with van der Waals surface area (Å²) in [6.07, 6.45) is 2.03. The first-order valence-corrected chi connectivity index (χ1v) is 11.9. The highest BCUT2D eigenvalue weighted by Gasteiger charge is 2.46. The van der Waals surface area contributed by atoms with Crippen molar-refractivity contribution in [3.8, 4) is 0 Å². The molecule has 1 amide bonds. The van der Waals surface area contributed by atoms with Crippen LogP contribution < -0.4 is 5.73 Å². The summed E-state index contributed by atoms with van der Waals surface area (Å²) < 4.78 is 16.0. The van der Waals surface area contributed by atoms with Gasteiger partial charge in [-0.1, -0.05) is 0 Å². The summed E-state index contributed by atoms with van der Waals surface area (Å²) in [6, 6.07) is 0.0977. The number of nitrogens with zero attached hydrogens (tertiary/aromatic N) is 3. The van der Waals surface area contributed by atoms with Crippen LogP contribution in [0.3, 0.4) is 0 Å². The summed E-state index contributed by atoms with van der Waals surface area (Å²) in [5.41, 5.74) is 4.70. The fraction of sp³-hybridized carbons (Fsp3) is 0.818. The monoisotopic (exact) mass is 467 g/mol. The lowest BCUT2D eigenvalue weighted by Gasteiger charge is -2.39. The number of nitrogens with one attached hydrogen (secondary N) is 1. The summed E-state index contributed by atoms with van der Waals surface area (Å²) in [7, 11) is 0. The van der Waals surface area contributed by atoms with Gasteiger partial charge in [0, 0.05) is 25.7 Å². The Hall–Kier alpha value is -2.56. The highest BCUT2D eigenvalue weighted by atomic mass is 16.6. The van der Waals surface area contributed by atoms with Crippen LogP contribution in [0.5, 0.6) is 0 Å². The fourth-order valence-electron chi connectivity index (χ4n) is 5.03. The van der Waals surface area contributed by atoms with Gasteiger partial charge in [0.1, 0.15) is 6.10 Å². The number of rotatable bonds is 8. The molecule has 0 spiro atoms. The molecule has 0 radical (unpaired) electrons. The van der Waals surface area contributed by atoms with Crippen LogP contribution in [0, 0.1) is 10.8 Å². The van der Waals surface area contributed by atoms with Gasteiger partial charge in [0.2, 0.25) is 0 Å². The van der Waals surface area contributed by atoms with Gasteiger partial charge < -0.3 is 29.7 Å². The highest BCUT2D eigenvalue weighted by Crippen LogP contribution is 2.37. The Balaban J connectivity index is 1.51. The Labute approximate surface area is 195 Å². The molecule has 11 heteroatoms. The van der Waals surface area contributed by atoms with E-state index in [4.69, 9.17) is 25.4 Å². The number of nitrogens with two attached hydrogens (primary N) is 1. The van der Waals surface area contributed by atoms with Gasteiger partial charge in [-0.2, -0.15) is 0 Å². The van der Waals surface area contributed by atoms with Crippen molar-refractivity contribution in [1.29, 1.82) is 5.41 Å². The first-order valence-electron chi connectivity index (χ1n) is 11.9. The van der Waals surface area contributed by atoms with Gasteiger partial charge in [-0.15, -0.1) is 0 Å². The number of cyclic esters (lactones) is 1. The first-order chi connectivity index (χ1) is 15.8. The first kappa shape index (κ1) is 25.1. The van der Waals surface area contributed by atoms with E-state index in [0.717, 1.165) is 12.8 Å². The van der Waals surface area contributed by atoms with E-state index in [1.807, 2.05) is 4.90 Å². The molecule has 3 aliphatic rings. The lowest BCUT2D eigenvalue weighted by atomic mass is 9.75. The maximum atomic E-state index is 12.7. The van der Waals surface area contributed by atoms with Crippen LogP contribution in [-0.4, -0.2) is 103 Å². The molecule has 1 atom stereocenters. The molecule has 186 valence electrons. The number of amides is 1. The quantitative estimate of drug-likeness (QED) is 0.229. The number of ether oxygens (including phenoxy) is 3. The zero-order valence-corrected chi connectivity index (χ0v) is 19.7. The van der Waals surface area contributed by atoms with E-state index in [0.29, 0.717) is 52.1 Å². The van der Waals surface area contributed by atoms with Crippen molar-refractivity contribution in [2.75, 3.05) is 52.5 Å². The summed E-state index contributed by atoms with van der Waals surface area (Å²) in [4.78, 5) is 43.1. The highest BCUT2D eigenvalue weighted by molar-refractivity contribution is 5.83. The number of carbonyl (C=O) groups excluding carboxylic acids is 3. The van der Waals surface area contributed by atoms with Gasteiger partial charge in [0.25, 0.3) is 0 Å². The van der Waals surface area contributed by atoms with Gasteiger partial charge in [-0.05, 0) is 52.6 Å². The second-order valence-corrected chi connectivity index (χ2v) is 9.04. The molecular formula is C22H37N5O6. The standard InChI is InChI=1S/C22H37N5O6/c1-3-31-18(28)13-22(19(29)32-4-2)7-11-25(12-8-22)14-17-15-27(21(30)33-17)16-5-9-26(10-6-16)20(23)24/h16-17H,3-15H2,1-2H3,(H3,23,24). The molecule has 3 aliphatic heterocycles. The van der Waals surface area contributed by atoms with Crippen molar-refractivity contribution in [2.24, 2.45) is 11.1 Å². The summed E-state index contributed by atoms with van der Waals surface area (Å²) in [6.45, 7) is 7.73. The van der Waals surface area contributed by atoms with Crippen LogP contribution in [0.15, 0.2) is 0 Å². The van der Waals surface area contributed by atoms with Crippen LogP contribution in [0.25, 0.3) is 0 Å². The molecule has 3 heterocycles. The molecule has 3 rings (SSSR count). The second kappa shape index (κ2) is 11.0. The number of piperidine rings is 2. The molecule has 33 heavy (non-hydrogen) atoms. The summed E-state index contributed by atoms with van der Waals surface area (Å²) in [5.74, 6) is -0.648. The third kappa shape index (κ3) is 6.07. The van der Waals surface area contributed by atoms with E-state index in [2.05, 4.69) is 4.90 Å². The van der Waals surface area contributed by atoms with Crippen molar-refractivity contribution in [1.82, 2.24) is 14.7 Å². The maximum absolute atomic E-state index is 12.7. The predicted octanol–water partition coefficient (Wildman–Crippen LogP) is 0.764. The van der Waals surface area contributed by atoms with E-state index in [-0.39, 0.29) is 55.8 Å². The molecule has 0 saturated carbocycles. The van der Waals surface area contributed by atoms with Crippen molar-refractivity contribution in [3.63, 3.8) is 0 Å². The van der Waals surface area contributed by atoms with E-state index in [1.54, 1.807) is 18.7 Å². The van der Waals surface area contributed by atoms with Crippen LogP contribution in [0.4, 0.5) is 4.79 Å². The lowest BCUT2D eigenvalue weighted by Crippen LogP contribution is -2.50. The average molecular weight is 468 g/mol. The van der Waals surface area contributed by atoms with E-state index in [9.17, 15) is 14.4 Å². The average Bonchev–Trinajstić information content (AvgIpc) is 3.15. The second-order valence-electron chi connectivity index (χ2n) is 9.04. The Morgan fingerprint density at radius 3 is 2.33 bits per heavy atom.